The van der Waals surface area contributed by atoms with Crippen molar-refractivity contribution >= 4 is 11.4 Å². The fraction of sp³-hybridized carbons (Fsp3) is 0.258. The van der Waals surface area contributed by atoms with Crippen molar-refractivity contribution in [2.75, 3.05) is 4.90 Å². The van der Waals surface area contributed by atoms with E-state index in [0.29, 0.717) is 11.8 Å². The minimum absolute atomic E-state index is 0.0645. The van der Waals surface area contributed by atoms with E-state index in [0.717, 1.165) is 46.5 Å². The Morgan fingerprint density at radius 1 is 0.531 bits per heavy atom. The molecule has 1 nitrogen and oxygen atoms in total. The number of fused-ring (bicyclic) bond motifs is 4. The molecule has 0 heterocycles. The molecule has 4 fully saturated rings. The van der Waals surface area contributed by atoms with E-state index in [1.165, 1.54) is 87.7 Å². The highest BCUT2D eigenvalue weighted by atomic mass is 19.1. The molecule has 4 bridgehead atoms. The first kappa shape index (κ1) is 39.3. The van der Waals surface area contributed by atoms with Crippen molar-refractivity contribution in [2.24, 2.45) is 23.7 Å². The van der Waals surface area contributed by atoms with Gasteiger partial charge in [-0.25, -0.2) is 4.39 Å². The van der Waals surface area contributed by atoms with Crippen LogP contribution >= 0.6 is 0 Å². The Kier molecular flexibility index (Phi) is 9.34. The van der Waals surface area contributed by atoms with Gasteiger partial charge in [0, 0.05) is 28.1 Å². The molecule has 13 rings (SSSR count). The number of anilines is 2. The van der Waals surface area contributed by atoms with E-state index in [1.807, 2.05) is 0 Å². The van der Waals surface area contributed by atoms with Crippen LogP contribution in [-0.4, -0.2) is 0 Å². The third-order valence-corrected chi connectivity index (χ3v) is 16.3. The number of nitrogens with zero attached hydrogens (tertiary/aromatic N) is 1. The zero-order valence-corrected chi connectivity index (χ0v) is 37.3. The van der Waals surface area contributed by atoms with Gasteiger partial charge in [0.2, 0.25) is 0 Å². The second-order valence-corrected chi connectivity index (χ2v) is 20.4. The minimum atomic E-state index is -0.191. The summed E-state index contributed by atoms with van der Waals surface area (Å²) in [6, 6.07) is 59.4. The molecule has 7 aromatic carbocycles. The maximum Gasteiger partial charge on any atom is 0.131 e. The maximum absolute atomic E-state index is 16.6. The molecule has 0 radical (unpaired) electrons. The van der Waals surface area contributed by atoms with Crippen molar-refractivity contribution in [3.05, 3.63) is 216 Å². The van der Waals surface area contributed by atoms with Gasteiger partial charge in [0.1, 0.15) is 5.82 Å². The lowest BCUT2D eigenvalue weighted by Crippen LogP contribution is -2.55. The molecule has 2 heteroatoms. The number of allylic oxidation sites excluding steroid dienone is 3. The Labute approximate surface area is 379 Å². The zero-order valence-electron chi connectivity index (χ0n) is 37.3. The van der Waals surface area contributed by atoms with Crippen molar-refractivity contribution in [1.29, 1.82) is 0 Å². The summed E-state index contributed by atoms with van der Waals surface area (Å²) in [5.74, 6) is 2.90. The van der Waals surface area contributed by atoms with Crippen LogP contribution in [0.3, 0.4) is 0 Å². The molecule has 0 amide bonds. The standard InChI is InChI=1S/C62H56FN/c1-40-18-24-52(64(50-25-19-45(20-26-50)43-12-6-4-7-13-43)51-27-21-46(22-28-51)44-14-8-5-9-15-44)32-33-61(2,3)57-39-47(23-29-53(40)57)54-30-31-58(63)59-55-16-10-11-17-56(55)62(60(54)59)48-35-41-34-42(37-48)38-49(62)36-41/h4-32,39-42,48-49H,33-38H2,1-3H3/b24-18-,52-32+. The summed E-state index contributed by atoms with van der Waals surface area (Å²) >= 11 is 0. The second kappa shape index (κ2) is 15.2. The highest BCUT2D eigenvalue weighted by molar-refractivity contribution is 5.90. The summed E-state index contributed by atoms with van der Waals surface area (Å²) < 4.78 is 16.6. The Morgan fingerprint density at radius 2 is 1.08 bits per heavy atom. The van der Waals surface area contributed by atoms with Gasteiger partial charge in [-0.15, -0.1) is 0 Å². The molecule has 0 saturated heterocycles. The summed E-state index contributed by atoms with van der Waals surface area (Å²) in [4.78, 5) is 2.42. The summed E-state index contributed by atoms with van der Waals surface area (Å²) in [6.45, 7) is 7.18. The number of halogens is 1. The van der Waals surface area contributed by atoms with Crippen molar-refractivity contribution < 1.29 is 4.39 Å². The van der Waals surface area contributed by atoms with Gasteiger partial charge in [0.05, 0.1) is 0 Å². The Morgan fingerprint density at radius 3 is 1.69 bits per heavy atom. The Balaban J connectivity index is 0.955. The second-order valence-electron chi connectivity index (χ2n) is 20.4. The van der Waals surface area contributed by atoms with Gasteiger partial charge < -0.3 is 4.90 Å². The van der Waals surface area contributed by atoms with E-state index < -0.39 is 0 Å². The molecular formula is C62H56FN. The van der Waals surface area contributed by atoms with E-state index in [2.05, 4.69) is 202 Å². The third kappa shape index (κ3) is 6.23. The quantitative estimate of drug-likeness (QED) is 0.161. The largest absolute Gasteiger partial charge is 0.311 e. The van der Waals surface area contributed by atoms with Crippen LogP contribution in [0.1, 0.15) is 87.5 Å². The monoisotopic (exact) mass is 833 g/mol. The molecule has 6 aliphatic rings. The minimum Gasteiger partial charge on any atom is -0.311 e. The average molecular weight is 834 g/mol. The third-order valence-electron chi connectivity index (χ3n) is 16.3. The molecular weight excluding hydrogens is 778 g/mol. The van der Waals surface area contributed by atoms with Gasteiger partial charge in [-0.3, -0.25) is 0 Å². The van der Waals surface area contributed by atoms with Gasteiger partial charge in [-0.1, -0.05) is 166 Å². The number of rotatable bonds is 6. The molecule has 0 aliphatic heterocycles. The first-order valence-electron chi connectivity index (χ1n) is 23.8. The first-order valence-corrected chi connectivity index (χ1v) is 23.8. The van der Waals surface area contributed by atoms with Crippen molar-refractivity contribution in [2.45, 2.75) is 76.0 Å². The molecule has 1 unspecified atom stereocenters. The van der Waals surface area contributed by atoms with Crippen LogP contribution in [0.25, 0.3) is 44.5 Å². The van der Waals surface area contributed by atoms with Gasteiger partial charge in [-0.2, -0.15) is 0 Å². The molecule has 1 spiro atoms. The topological polar surface area (TPSA) is 3.24 Å². The Bertz CT molecular complexity index is 2840. The lowest BCUT2D eigenvalue weighted by atomic mass is 9.42. The van der Waals surface area contributed by atoms with Crippen LogP contribution < -0.4 is 4.90 Å². The van der Waals surface area contributed by atoms with Crippen LogP contribution in [-0.2, 0) is 10.8 Å². The summed E-state index contributed by atoms with van der Waals surface area (Å²) in [6.07, 6.45) is 14.5. The molecule has 64 heavy (non-hydrogen) atoms. The van der Waals surface area contributed by atoms with Crippen molar-refractivity contribution in [3.63, 3.8) is 0 Å². The zero-order chi connectivity index (χ0) is 43.2. The molecule has 0 aromatic heterocycles. The number of hydrogen-bond donors (Lipinski definition) is 0. The summed E-state index contributed by atoms with van der Waals surface area (Å²) in [7, 11) is 0. The van der Waals surface area contributed by atoms with Gasteiger partial charge >= 0.3 is 0 Å². The lowest BCUT2D eigenvalue weighted by molar-refractivity contribution is -0.0397. The lowest BCUT2D eigenvalue weighted by Gasteiger charge is -2.61. The van der Waals surface area contributed by atoms with Crippen LogP contribution in [0.2, 0.25) is 0 Å². The molecule has 4 saturated carbocycles. The normalized spacial score (nSPS) is 25.9. The fourth-order valence-electron chi connectivity index (χ4n) is 13.6. The smallest absolute Gasteiger partial charge is 0.131 e. The van der Waals surface area contributed by atoms with Gasteiger partial charge in [0.15, 0.2) is 0 Å². The number of benzene rings is 7. The van der Waals surface area contributed by atoms with Crippen LogP contribution in [0.15, 0.2) is 188 Å². The molecule has 0 N–H and O–H groups in total. The predicted molar refractivity (Wildman–Crippen MR) is 264 cm³/mol. The molecule has 1 atom stereocenters. The van der Waals surface area contributed by atoms with Gasteiger partial charge in [0.25, 0.3) is 0 Å². The summed E-state index contributed by atoms with van der Waals surface area (Å²) in [5.41, 5.74) is 17.8. The van der Waals surface area contributed by atoms with Crippen LogP contribution in [0.5, 0.6) is 0 Å². The SMILES string of the molecule is CC1/C=C\C(N(c2ccc(-c3ccccc3)cc2)c2ccc(-c3ccccc3)cc2)=C/CC(C)(C)c2cc(-c3ccc(F)c4c3C3(c5ccccc5-4)C4CC5CC(C4)CC3C5)ccc21. The highest BCUT2D eigenvalue weighted by Crippen LogP contribution is 2.70. The van der Waals surface area contributed by atoms with Crippen LogP contribution in [0, 0.1) is 29.5 Å². The first-order chi connectivity index (χ1) is 31.3. The van der Waals surface area contributed by atoms with Crippen molar-refractivity contribution in [1.82, 2.24) is 0 Å². The maximum atomic E-state index is 16.6. The summed E-state index contributed by atoms with van der Waals surface area (Å²) in [5, 5.41) is 0. The molecule has 7 aromatic rings. The molecule has 316 valence electrons. The number of hydrogen-bond acceptors (Lipinski definition) is 1. The van der Waals surface area contributed by atoms with E-state index in [4.69, 9.17) is 0 Å². The van der Waals surface area contributed by atoms with Crippen molar-refractivity contribution in [3.8, 4) is 44.5 Å². The van der Waals surface area contributed by atoms with Gasteiger partial charge in [-0.05, 0) is 171 Å². The predicted octanol–water partition coefficient (Wildman–Crippen LogP) is 16.6. The van der Waals surface area contributed by atoms with E-state index in [-0.39, 0.29) is 22.6 Å². The van der Waals surface area contributed by atoms with E-state index in [1.54, 1.807) is 6.07 Å². The average Bonchev–Trinajstić information content (AvgIpc) is 3.65. The van der Waals surface area contributed by atoms with E-state index >= 15 is 4.39 Å². The Hall–Kier alpha value is -6.25. The van der Waals surface area contributed by atoms with Crippen LogP contribution in [0.4, 0.5) is 15.8 Å². The fourth-order valence-corrected chi connectivity index (χ4v) is 13.6. The van der Waals surface area contributed by atoms with E-state index in [9.17, 15) is 0 Å². The highest BCUT2D eigenvalue weighted by Gasteiger charge is 2.62. The molecule has 6 aliphatic carbocycles.